The van der Waals surface area contributed by atoms with Crippen LogP contribution in [0.5, 0.6) is 5.75 Å². The molecule has 0 bridgehead atoms. The van der Waals surface area contributed by atoms with E-state index in [1.54, 1.807) is 24.3 Å². The molecule has 0 fully saturated rings. The van der Waals surface area contributed by atoms with E-state index >= 15 is 0 Å². The number of carbonyl (C=O) groups is 1. The number of urea groups is 1. The van der Waals surface area contributed by atoms with Gasteiger partial charge in [0, 0.05) is 10.7 Å². The Morgan fingerprint density at radius 3 is 2.62 bits per heavy atom. The molecule has 2 rings (SSSR count). The lowest BCUT2D eigenvalue weighted by Crippen LogP contribution is -2.20. The zero-order valence-electron chi connectivity index (χ0n) is 12.0. The Labute approximate surface area is 128 Å². The lowest BCUT2D eigenvalue weighted by atomic mass is 10.2. The summed E-state index contributed by atoms with van der Waals surface area (Å²) in [6.07, 6.45) is 0. The van der Waals surface area contributed by atoms with Crippen molar-refractivity contribution < 1.29 is 9.53 Å². The van der Waals surface area contributed by atoms with Crippen LogP contribution in [0.3, 0.4) is 0 Å². The van der Waals surface area contributed by atoms with Crippen LogP contribution in [0.15, 0.2) is 30.3 Å². The molecule has 1 heterocycles. The molecule has 5 nitrogen and oxygen atoms in total. The van der Waals surface area contributed by atoms with Crippen molar-refractivity contribution in [2.45, 2.75) is 13.8 Å². The second kappa shape index (κ2) is 6.45. The molecule has 2 amide bonds. The van der Waals surface area contributed by atoms with E-state index in [9.17, 15) is 4.79 Å². The number of aromatic nitrogens is 1. The van der Waals surface area contributed by atoms with Gasteiger partial charge in [0.2, 0.25) is 0 Å². The summed E-state index contributed by atoms with van der Waals surface area (Å²) in [5, 5.41) is 5.88. The Bertz CT molecular complexity index is 654. The normalized spacial score (nSPS) is 10.1. The van der Waals surface area contributed by atoms with Gasteiger partial charge in [0.1, 0.15) is 11.6 Å². The molecule has 0 atom stereocenters. The summed E-state index contributed by atoms with van der Waals surface area (Å²) in [7, 11) is 1.53. The third-order valence-electron chi connectivity index (χ3n) is 2.75. The first-order valence-electron chi connectivity index (χ1n) is 6.35. The van der Waals surface area contributed by atoms with Crippen molar-refractivity contribution >= 4 is 29.1 Å². The number of halogens is 1. The molecule has 0 aliphatic carbocycles. The topological polar surface area (TPSA) is 63.2 Å². The Kier molecular flexibility index (Phi) is 4.65. The third-order valence-corrected chi connectivity index (χ3v) is 2.98. The highest BCUT2D eigenvalue weighted by Crippen LogP contribution is 2.27. The van der Waals surface area contributed by atoms with Gasteiger partial charge >= 0.3 is 6.03 Å². The van der Waals surface area contributed by atoms with Crippen LogP contribution in [0, 0.1) is 13.8 Å². The van der Waals surface area contributed by atoms with Crippen molar-refractivity contribution in [3.63, 3.8) is 0 Å². The third kappa shape index (κ3) is 4.10. The summed E-state index contributed by atoms with van der Waals surface area (Å²) >= 11 is 5.92. The van der Waals surface area contributed by atoms with Gasteiger partial charge in [0.05, 0.1) is 12.8 Å². The van der Waals surface area contributed by atoms with Crippen LogP contribution >= 0.6 is 11.6 Å². The molecule has 1 aromatic carbocycles. The van der Waals surface area contributed by atoms with Gasteiger partial charge in [0.25, 0.3) is 0 Å². The van der Waals surface area contributed by atoms with E-state index in [1.165, 1.54) is 7.11 Å². The largest absolute Gasteiger partial charge is 0.495 e. The molecular weight excluding hydrogens is 290 g/mol. The Morgan fingerprint density at radius 2 is 1.95 bits per heavy atom. The maximum absolute atomic E-state index is 12.0. The van der Waals surface area contributed by atoms with E-state index in [-0.39, 0.29) is 0 Å². The van der Waals surface area contributed by atoms with E-state index in [0.717, 1.165) is 11.3 Å². The number of methoxy groups -OCH3 is 1. The van der Waals surface area contributed by atoms with Crippen LogP contribution in [0.2, 0.25) is 5.02 Å². The number of ether oxygens (including phenoxy) is 1. The van der Waals surface area contributed by atoms with Crippen LogP contribution in [0.4, 0.5) is 16.3 Å². The average Bonchev–Trinajstić information content (AvgIpc) is 2.37. The Morgan fingerprint density at radius 1 is 1.19 bits per heavy atom. The number of hydrogen-bond acceptors (Lipinski definition) is 3. The number of nitrogens with one attached hydrogen (secondary N) is 2. The Hall–Kier alpha value is -2.27. The number of benzene rings is 1. The van der Waals surface area contributed by atoms with Gasteiger partial charge in [-0.2, -0.15) is 0 Å². The number of rotatable bonds is 3. The number of pyridine rings is 1. The molecule has 0 aliphatic heterocycles. The monoisotopic (exact) mass is 305 g/mol. The molecule has 1 aromatic heterocycles. The van der Waals surface area contributed by atoms with Gasteiger partial charge in [-0.1, -0.05) is 11.6 Å². The number of amides is 2. The zero-order valence-corrected chi connectivity index (χ0v) is 12.8. The van der Waals surface area contributed by atoms with Crippen molar-refractivity contribution in [3.05, 3.63) is 46.6 Å². The molecule has 0 aliphatic rings. The van der Waals surface area contributed by atoms with Gasteiger partial charge in [-0.05, 0) is 49.7 Å². The summed E-state index contributed by atoms with van der Waals surface area (Å²) < 4.78 is 5.17. The van der Waals surface area contributed by atoms with E-state index in [0.29, 0.717) is 22.3 Å². The quantitative estimate of drug-likeness (QED) is 0.900. The summed E-state index contributed by atoms with van der Waals surface area (Å²) in [5.41, 5.74) is 2.36. The van der Waals surface area contributed by atoms with E-state index in [4.69, 9.17) is 16.3 Å². The number of nitrogens with zero attached hydrogens (tertiary/aromatic N) is 1. The van der Waals surface area contributed by atoms with Gasteiger partial charge in [-0.25, -0.2) is 9.78 Å². The van der Waals surface area contributed by atoms with Crippen molar-refractivity contribution in [1.82, 2.24) is 4.98 Å². The number of carbonyl (C=O) groups excluding carboxylic acids is 1. The maximum Gasteiger partial charge on any atom is 0.324 e. The highest BCUT2D eigenvalue weighted by molar-refractivity contribution is 6.31. The summed E-state index contributed by atoms with van der Waals surface area (Å²) in [6, 6.07) is 8.31. The molecule has 0 spiro atoms. The minimum absolute atomic E-state index is 0.409. The molecule has 0 saturated carbocycles. The van der Waals surface area contributed by atoms with Crippen LogP contribution in [0.25, 0.3) is 0 Å². The summed E-state index contributed by atoms with van der Waals surface area (Å²) in [4.78, 5) is 16.3. The molecule has 0 saturated heterocycles. The standard InChI is InChI=1S/C15H16ClN3O2/c1-9-6-10(2)17-14(7-9)19-15(20)18-12-8-11(16)4-5-13(12)21-3/h4-8H,1-3H3,(H2,17,18,19,20). The smallest absolute Gasteiger partial charge is 0.324 e. The molecule has 2 N–H and O–H groups in total. The summed E-state index contributed by atoms with van der Waals surface area (Å²) in [5.74, 6) is 1.02. The fourth-order valence-corrected chi connectivity index (χ4v) is 2.13. The first-order valence-corrected chi connectivity index (χ1v) is 6.72. The highest BCUT2D eigenvalue weighted by Gasteiger charge is 2.09. The van der Waals surface area contributed by atoms with Crippen LogP contribution < -0.4 is 15.4 Å². The lowest BCUT2D eigenvalue weighted by Gasteiger charge is -2.11. The van der Waals surface area contributed by atoms with E-state index < -0.39 is 6.03 Å². The van der Waals surface area contributed by atoms with Crippen molar-refractivity contribution in [3.8, 4) is 5.75 Å². The second-order valence-corrected chi connectivity index (χ2v) is 5.03. The van der Waals surface area contributed by atoms with Crippen molar-refractivity contribution in [2.24, 2.45) is 0 Å². The minimum Gasteiger partial charge on any atom is -0.495 e. The zero-order chi connectivity index (χ0) is 15.4. The summed E-state index contributed by atoms with van der Waals surface area (Å²) in [6.45, 7) is 3.81. The van der Waals surface area contributed by atoms with E-state index in [2.05, 4.69) is 15.6 Å². The van der Waals surface area contributed by atoms with Crippen LogP contribution in [-0.4, -0.2) is 18.1 Å². The first-order chi connectivity index (χ1) is 9.97. The fourth-order valence-electron chi connectivity index (χ4n) is 1.95. The minimum atomic E-state index is -0.409. The fraction of sp³-hybridized carbons (Fsp3) is 0.200. The number of hydrogen-bond donors (Lipinski definition) is 2. The lowest BCUT2D eigenvalue weighted by molar-refractivity contribution is 0.262. The number of anilines is 2. The first kappa shape index (κ1) is 15.1. The predicted molar refractivity (Wildman–Crippen MR) is 84.4 cm³/mol. The predicted octanol–water partition coefficient (Wildman–Crippen LogP) is 4.00. The van der Waals surface area contributed by atoms with Gasteiger partial charge < -0.3 is 10.1 Å². The molecule has 6 heteroatoms. The van der Waals surface area contributed by atoms with Gasteiger partial charge in [0.15, 0.2) is 0 Å². The van der Waals surface area contributed by atoms with Gasteiger partial charge in [-0.15, -0.1) is 0 Å². The average molecular weight is 306 g/mol. The van der Waals surface area contributed by atoms with Crippen molar-refractivity contribution in [2.75, 3.05) is 17.7 Å². The maximum atomic E-state index is 12.0. The van der Waals surface area contributed by atoms with Crippen LogP contribution in [0.1, 0.15) is 11.3 Å². The molecule has 21 heavy (non-hydrogen) atoms. The second-order valence-electron chi connectivity index (χ2n) is 4.59. The van der Waals surface area contributed by atoms with E-state index in [1.807, 2.05) is 19.9 Å². The van der Waals surface area contributed by atoms with Crippen LogP contribution in [-0.2, 0) is 0 Å². The molecule has 2 aromatic rings. The SMILES string of the molecule is COc1ccc(Cl)cc1NC(=O)Nc1cc(C)cc(C)n1. The Balaban J connectivity index is 2.13. The molecule has 110 valence electrons. The molecular formula is C15H16ClN3O2. The number of aryl methyl sites for hydroxylation is 2. The van der Waals surface area contributed by atoms with Crippen molar-refractivity contribution in [1.29, 1.82) is 0 Å². The molecule has 0 unspecified atom stereocenters. The van der Waals surface area contributed by atoms with Gasteiger partial charge in [-0.3, -0.25) is 5.32 Å². The highest BCUT2D eigenvalue weighted by atomic mass is 35.5. The molecule has 0 radical (unpaired) electrons.